The van der Waals surface area contributed by atoms with Crippen molar-refractivity contribution >= 4 is 11.9 Å². The number of hydrogen-bond acceptors (Lipinski definition) is 3. The maximum atomic E-state index is 10.9. The molecule has 0 bridgehead atoms. The third-order valence-corrected chi connectivity index (χ3v) is 2.43. The van der Waals surface area contributed by atoms with Gasteiger partial charge in [0.05, 0.1) is 5.92 Å². The number of carboxylic acid groups (broad SMARTS) is 2. The zero-order valence-electron chi connectivity index (χ0n) is 8.75. The van der Waals surface area contributed by atoms with Crippen molar-refractivity contribution in [3.8, 4) is 0 Å². The van der Waals surface area contributed by atoms with Crippen LogP contribution in [0.15, 0.2) is 24.3 Å². The standard InChI is InChI=1S/C11H13NO4/c1-6(10(13)14)7-4-2-3-5-8(7)9(12)11(15)16/h2-6,9H,12H2,1H3,(H,13,14)(H,15,16). The van der Waals surface area contributed by atoms with Crippen molar-refractivity contribution in [1.29, 1.82) is 0 Å². The van der Waals surface area contributed by atoms with Crippen LogP contribution in [0, 0.1) is 0 Å². The average Bonchev–Trinajstić information content (AvgIpc) is 2.26. The minimum Gasteiger partial charge on any atom is -0.481 e. The first-order chi connectivity index (χ1) is 7.45. The Balaban J connectivity index is 3.19. The molecule has 1 rings (SSSR count). The maximum Gasteiger partial charge on any atom is 0.325 e. The summed E-state index contributed by atoms with van der Waals surface area (Å²) in [7, 11) is 0. The van der Waals surface area contributed by atoms with Gasteiger partial charge in [-0.05, 0) is 18.1 Å². The molecule has 0 radical (unpaired) electrons. The van der Waals surface area contributed by atoms with E-state index in [-0.39, 0.29) is 0 Å². The van der Waals surface area contributed by atoms with Crippen LogP contribution in [0.2, 0.25) is 0 Å². The van der Waals surface area contributed by atoms with Gasteiger partial charge in [0, 0.05) is 0 Å². The topological polar surface area (TPSA) is 101 Å². The number of rotatable bonds is 4. The van der Waals surface area contributed by atoms with E-state index in [2.05, 4.69) is 0 Å². The summed E-state index contributed by atoms with van der Waals surface area (Å²) in [4.78, 5) is 21.6. The summed E-state index contributed by atoms with van der Waals surface area (Å²) >= 11 is 0. The van der Waals surface area contributed by atoms with E-state index in [1.165, 1.54) is 13.0 Å². The zero-order chi connectivity index (χ0) is 12.3. The first-order valence-electron chi connectivity index (χ1n) is 4.75. The summed E-state index contributed by atoms with van der Waals surface area (Å²) in [5.74, 6) is -2.96. The lowest BCUT2D eigenvalue weighted by Gasteiger charge is -2.15. The predicted molar refractivity (Wildman–Crippen MR) is 57.1 cm³/mol. The minimum absolute atomic E-state index is 0.338. The van der Waals surface area contributed by atoms with Crippen molar-refractivity contribution in [2.45, 2.75) is 18.9 Å². The normalized spacial score (nSPS) is 14.1. The Morgan fingerprint density at radius 3 is 2.06 bits per heavy atom. The van der Waals surface area contributed by atoms with Gasteiger partial charge in [-0.3, -0.25) is 9.59 Å². The highest BCUT2D eigenvalue weighted by Crippen LogP contribution is 2.24. The molecule has 86 valence electrons. The fourth-order valence-electron chi connectivity index (χ4n) is 1.45. The molecule has 0 aromatic heterocycles. The molecule has 5 nitrogen and oxygen atoms in total. The highest BCUT2D eigenvalue weighted by atomic mass is 16.4. The van der Waals surface area contributed by atoms with Gasteiger partial charge in [-0.25, -0.2) is 0 Å². The summed E-state index contributed by atoms with van der Waals surface area (Å²) in [6.45, 7) is 1.50. The highest BCUT2D eigenvalue weighted by Gasteiger charge is 2.23. The first kappa shape index (κ1) is 12.2. The van der Waals surface area contributed by atoms with Crippen molar-refractivity contribution < 1.29 is 19.8 Å². The van der Waals surface area contributed by atoms with Crippen molar-refractivity contribution in [2.75, 3.05) is 0 Å². The predicted octanol–water partition coefficient (Wildman–Crippen LogP) is 0.959. The molecular weight excluding hydrogens is 210 g/mol. The Morgan fingerprint density at radius 1 is 1.12 bits per heavy atom. The van der Waals surface area contributed by atoms with Gasteiger partial charge in [-0.1, -0.05) is 24.3 Å². The third-order valence-electron chi connectivity index (χ3n) is 2.43. The van der Waals surface area contributed by atoms with Crippen LogP contribution in [0.4, 0.5) is 0 Å². The fraction of sp³-hybridized carbons (Fsp3) is 0.273. The second-order valence-electron chi connectivity index (χ2n) is 3.50. The van der Waals surface area contributed by atoms with E-state index < -0.39 is 23.9 Å². The molecule has 4 N–H and O–H groups in total. The molecular formula is C11H13NO4. The maximum absolute atomic E-state index is 10.9. The SMILES string of the molecule is CC(C(=O)O)c1ccccc1C(N)C(=O)O. The lowest BCUT2D eigenvalue weighted by molar-refractivity contribution is -0.140. The van der Waals surface area contributed by atoms with E-state index in [9.17, 15) is 9.59 Å². The van der Waals surface area contributed by atoms with Crippen molar-refractivity contribution in [1.82, 2.24) is 0 Å². The fourth-order valence-corrected chi connectivity index (χ4v) is 1.45. The van der Waals surface area contributed by atoms with E-state index in [4.69, 9.17) is 15.9 Å². The number of aliphatic carboxylic acids is 2. The molecule has 2 atom stereocenters. The van der Waals surface area contributed by atoms with Crippen molar-refractivity contribution in [2.24, 2.45) is 5.73 Å². The van der Waals surface area contributed by atoms with Crippen LogP contribution in [0.25, 0.3) is 0 Å². The number of carboxylic acids is 2. The van der Waals surface area contributed by atoms with Crippen LogP contribution >= 0.6 is 0 Å². The number of nitrogens with two attached hydrogens (primary N) is 1. The highest BCUT2D eigenvalue weighted by molar-refractivity contribution is 5.79. The third kappa shape index (κ3) is 2.38. The summed E-state index contributed by atoms with van der Waals surface area (Å²) in [6.07, 6.45) is 0. The second-order valence-corrected chi connectivity index (χ2v) is 3.50. The molecule has 1 aromatic rings. The molecule has 0 heterocycles. The minimum atomic E-state index is -1.20. The Hall–Kier alpha value is -1.88. The van der Waals surface area contributed by atoms with Gasteiger partial charge in [0.2, 0.25) is 0 Å². The molecule has 0 aliphatic heterocycles. The smallest absolute Gasteiger partial charge is 0.325 e. The monoisotopic (exact) mass is 223 g/mol. The summed E-state index contributed by atoms with van der Waals surface area (Å²) in [6, 6.07) is 5.21. The molecule has 0 saturated carbocycles. The Kier molecular flexibility index (Phi) is 3.63. The van der Waals surface area contributed by atoms with Gasteiger partial charge >= 0.3 is 11.9 Å². The molecule has 16 heavy (non-hydrogen) atoms. The molecule has 2 unspecified atom stereocenters. The number of carbonyl (C=O) groups is 2. The molecule has 1 aromatic carbocycles. The van der Waals surface area contributed by atoms with Crippen LogP contribution in [0.1, 0.15) is 30.0 Å². The van der Waals surface area contributed by atoms with Crippen LogP contribution in [-0.2, 0) is 9.59 Å². The summed E-state index contributed by atoms with van der Waals surface area (Å²) < 4.78 is 0. The quantitative estimate of drug-likeness (QED) is 0.705. The van der Waals surface area contributed by atoms with Crippen LogP contribution < -0.4 is 5.73 Å². The molecule has 0 aliphatic rings. The lowest BCUT2D eigenvalue weighted by Crippen LogP contribution is -2.23. The van der Waals surface area contributed by atoms with Gasteiger partial charge in [0.25, 0.3) is 0 Å². The number of benzene rings is 1. The largest absolute Gasteiger partial charge is 0.481 e. The molecule has 0 spiro atoms. The molecule has 0 aliphatic carbocycles. The van der Waals surface area contributed by atoms with Crippen LogP contribution in [-0.4, -0.2) is 22.2 Å². The van der Waals surface area contributed by atoms with Gasteiger partial charge in [-0.15, -0.1) is 0 Å². The van der Waals surface area contributed by atoms with E-state index >= 15 is 0 Å². The molecule has 0 amide bonds. The van der Waals surface area contributed by atoms with Gasteiger partial charge in [0.15, 0.2) is 0 Å². The van der Waals surface area contributed by atoms with Crippen LogP contribution in [0.5, 0.6) is 0 Å². The Morgan fingerprint density at radius 2 is 1.62 bits per heavy atom. The van der Waals surface area contributed by atoms with Crippen LogP contribution in [0.3, 0.4) is 0 Å². The van der Waals surface area contributed by atoms with Gasteiger partial charge in [0.1, 0.15) is 6.04 Å². The molecule has 5 heteroatoms. The summed E-state index contributed by atoms with van der Waals surface area (Å²) in [5.41, 5.74) is 6.26. The van der Waals surface area contributed by atoms with Gasteiger partial charge in [-0.2, -0.15) is 0 Å². The van der Waals surface area contributed by atoms with Crippen molar-refractivity contribution in [3.63, 3.8) is 0 Å². The first-order valence-corrected chi connectivity index (χ1v) is 4.75. The molecule has 0 fully saturated rings. The molecule has 0 saturated heterocycles. The Labute approximate surface area is 92.5 Å². The number of hydrogen-bond donors (Lipinski definition) is 3. The van der Waals surface area contributed by atoms with E-state index in [0.29, 0.717) is 11.1 Å². The van der Waals surface area contributed by atoms with Crippen molar-refractivity contribution in [3.05, 3.63) is 35.4 Å². The van der Waals surface area contributed by atoms with E-state index in [1.54, 1.807) is 18.2 Å². The van der Waals surface area contributed by atoms with E-state index in [0.717, 1.165) is 0 Å². The second kappa shape index (κ2) is 4.76. The summed E-state index contributed by atoms with van der Waals surface area (Å²) in [5, 5.41) is 17.7. The average molecular weight is 223 g/mol. The van der Waals surface area contributed by atoms with E-state index in [1.807, 2.05) is 0 Å². The van der Waals surface area contributed by atoms with Gasteiger partial charge < -0.3 is 15.9 Å². The zero-order valence-corrected chi connectivity index (χ0v) is 8.75. The lowest BCUT2D eigenvalue weighted by atomic mass is 9.92. The Bertz CT molecular complexity index is 377.